The van der Waals surface area contributed by atoms with Gasteiger partial charge < -0.3 is 10.3 Å². The molecule has 0 saturated carbocycles. The number of H-pyrrole nitrogens is 1. The van der Waals surface area contributed by atoms with Crippen molar-refractivity contribution < 1.29 is 29.1 Å². The van der Waals surface area contributed by atoms with Crippen molar-refractivity contribution >= 4 is 6.29 Å². The number of nitrogens with one attached hydrogen (secondary N) is 1. The van der Waals surface area contributed by atoms with Crippen LogP contribution >= 0.6 is 0 Å². The van der Waals surface area contributed by atoms with Crippen LogP contribution in [0.4, 0.5) is 0 Å². The molecule has 0 aliphatic rings. The minimum Gasteiger partial charge on any atom is -0.870 e. The smallest absolute Gasteiger partial charge is 0.870 e. The molecule has 2 aromatic rings. The summed E-state index contributed by atoms with van der Waals surface area (Å²) in [4.78, 5) is 14.3. The van der Waals surface area contributed by atoms with Crippen molar-refractivity contribution in [3.05, 3.63) is 47.5 Å². The van der Waals surface area contributed by atoms with Crippen LogP contribution < -0.4 is 18.9 Å². The van der Waals surface area contributed by atoms with Gasteiger partial charge in [-0.05, 0) is 5.56 Å². The normalized spacial score (nSPS) is 10.9. The first-order valence-corrected chi connectivity index (χ1v) is 4.66. The van der Waals surface area contributed by atoms with Gasteiger partial charge in [0.25, 0.3) is 0 Å². The molecule has 84 valence electrons. The molecule has 1 aromatic carbocycles. The molecule has 1 heterocycles. The Bertz CT molecular complexity index is 459. The molecule has 0 spiro atoms. The Hall–Kier alpha value is -1.41. The third kappa shape index (κ3) is 3.53. The Kier molecular flexibility index (Phi) is 6.44. The zero-order valence-electron chi connectivity index (χ0n) is 9.71. The van der Waals surface area contributed by atoms with E-state index in [0.717, 1.165) is 5.56 Å². The second-order valence-electron chi connectivity index (χ2n) is 3.28. The van der Waals surface area contributed by atoms with Crippen LogP contribution in [0.1, 0.15) is 30.1 Å². The molecular formula is C11H11LiN3O2-. The van der Waals surface area contributed by atoms with Gasteiger partial charge in [-0.25, -0.2) is 4.98 Å². The summed E-state index contributed by atoms with van der Waals surface area (Å²) in [5.41, 5.74) is 1.12. The van der Waals surface area contributed by atoms with Crippen LogP contribution in [0.25, 0.3) is 0 Å². The first-order chi connectivity index (χ1) is 7.31. The first-order valence-electron chi connectivity index (χ1n) is 4.66. The maximum absolute atomic E-state index is 10.3. The van der Waals surface area contributed by atoms with E-state index in [1.54, 1.807) is 6.29 Å². The van der Waals surface area contributed by atoms with Gasteiger partial charge in [-0.1, -0.05) is 37.3 Å². The zero-order chi connectivity index (χ0) is 10.7. The summed E-state index contributed by atoms with van der Waals surface area (Å²) in [5, 5.41) is 6.49. The van der Waals surface area contributed by atoms with Crippen molar-refractivity contribution in [3.63, 3.8) is 0 Å². The molecule has 17 heavy (non-hydrogen) atoms. The summed E-state index contributed by atoms with van der Waals surface area (Å²) >= 11 is 0. The molecule has 1 atom stereocenters. The number of rotatable bonds is 3. The molecule has 0 saturated heterocycles. The van der Waals surface area contributed by atoms with E-state index in [9.17, 15) is 4.79 Å². The van der Waals surface area contributed by atoms with Gasteiger partial charge in [0, 0.05) is 11.7 Å². The van der Waals surface area contributed by atoms with Crippen LogP contribution in [-0.4, -0.2) is 26.9 Å². The molecule has 6 heteroatoms. The average molecular weight is 224 g/mol. The molecule has 0 aliphatic carbocycles. The van der Waals surface area contributed by atoms with Crippen molar-refractivity contribution in [1.29, 1.82) is 0 Å². The Labute approximate surface area is 111 Å². The summed E-state index contributed by atoms with van der Waals surface area (Å²) in [5.74, 6) is 0.830. The fourth-order valence-corrected chi connectivity index (χ4v) is 1.40. The Morgan fingerprint density at radius 3 is 2.47 bits per heavy atom. The van der Waals surface area contributed by atoms with Crippen molar-refractivity contribution in [2.45, 2.75) is 12.8 Å². The van der Waals surface area contributed by atoms with Gasteiger partial charge in [0.05, 0.1) is 0 Å². The standard InChI is InChI=1S/C11H10N3O.Li.H2O/c1-8(9-5-3-2-4-6-9)11-12-10(7-15)13-14-11;;/h2-6,8H,1H3,(H,12,13,14);;1H2/q-1;+1;/p-1. The number of aromatic amines is 1. The fourth-order valence-electron chi connectivity index (χ4n) is 1.40. The maximum atomic E-state index is 10.3. The predicted octanol–water partition coefficient (Wildman–Crippen LogP) is -1.76. The summed E-state index contributed by atoms with van der Waals surface area (Å²) in [6.07, 6.45) is 1.67. The molecule has 0 fully saturated rings. The van der Waals surface area contributed by atoms with Gasteiger partial charge in [0.15, 0.2) is 5.82 Å². The van der Waals surface area contributed by atoms with Crippen LogP contribution in [0.3, 0.4) is 0 Å². The van der Waals surface area contributed by atoms with Crippen LogP contribution in [0.15, 0.2) is 30.3 Å². The van der Waals surface area contributed by atoms with Gasteiger partial charge in [-0.2, -0.15) is 11.4 Å². The second-order valence-corrected chi connectivity index (χ2v) is 3.28. The van der Waals surface area contributed by atoms with E-state index in [-0.39, 0.29) is 36.1 Å². The second kappa shape index (κ2) is 7.02. The Morgan fingerprint density at radius 1 is 1.29 bits per heavy atom. The molecule has 0 bridgehead atoms. The van der Waals surface area contributed by atoms with Gasteiger partial charge in [0.2, 0.25) is 0 Å². The van der Waals surface area contributed by atoms with E-state index in [2.05, 4.69) is 15.2 Å². The number of benzene rings is 1. The van der Waals surface area contributed by atoms with Gasteiger partial charge in [0.1, 0.15) is 0 Å². The maximum Gasteiger partial charge on any atom is 1.00 e. The van der Waals surface area contributed by atoms with Crippen LogP contribution in [0, 0.1) is 0 Å². The topological polar surface area (TPSA) is 88.6 Å². The quantitative estimate of drug-likeness (QED) is 0.494. The minimum absolute atomic E-state index is 0. The summed E-state index contributed by atoms with van der Waals surface area (Å²) < 4.78 is 0. The molecular weight excluding hydrogens is 213 g/mol. The van der Waals surface area contributed by atoms with E-state index in [1.165, 1.54) is 0 Å². The number of carbonyl (C=O) groups excluding carboxylic acids is 1. The molecule has 2 rings (SSSR count). The van der Waals surface area contributed by atoms with Crippen molar-refractivity contribution in [2.75, 3.05) is 0 Å². The molecule has 1 aromatic heterocycles. The summed E-state index contributed by atoms with van der Waals surface area (Å²) in [6, 6.07) is 9.89. The van der Waals surface area contributed by atoms with Gasteiger partial charge in [-0.15, -0.1) is 0 Å². The fraction of sp³-hybridized carbons (Fsp3) is 0.182. The summed E-state index contributed by atoms with van der Waals surface area (Å²) in [6.45, 7) is 1.99. The molecule has 2 N–H and O–H groups in total. The van der Waals surface area contributed by atoms with Crippen LogP contribution in [0.2, 0.25) is 0 Å². The predicted molar refractivity (Wildman–Crippen MR) is 57.1 cm³/mol. The first kappa shape index (κ1) is 15.6. The molecule has 1 unspecified atom stereocenters. The van der Waals surface area contributed by atoms with Crippen LogP contribution in [0.5, 0.6) is 0 Å². The average Bonchev–Trinajstić information content (AvgIpc) is 2.78. The number of hydrogen-bond acceptors (Lipinski definition) is 4. The third-order valence-electron chi connectivity index (χ3n) is 2.29. The Morgan fingerprint density at radius 2 is 1.94 bits per heavy atom. The monoisotopic (exact) mass is 224 g/mol. The number of hydrogen-bond donors (Lipinski definition) is 1. The SMILES string of the molecule is CC(c1ccccc1)c1n[nH]c([C-]=O)n1.[Li+].[OH-]. The zero-order valence-corrected chi connectivity index (χ0v) is 9.71. The van der Waals surface area contributed by atoms with E-state index in [4.69, 9.17) is 0 Å². The molecule has 0 radical (unpaired) electrons. The van der Waals surface area contributed by atoms with Crippen LogP contribution in [-0.2, 0) is 4.79 Å². The largest absolute Gasteiger partial charge is 1.00 e. The van der Waals surface area contributed by atoms with E-state index < -0.39 is 0 Å². The van der Waals surface area contributed by atoms with Crippen molar-refractivity contribution in [1.82, 2.24) is 15.2 Å². The van der Waals surface area contributed by atoms with E-state index >= 15 is 0 Å². The van der Waals surface area contributed by atoms with E-state index in [1.807, 2.05) is 37.3 Å². The molecule has 0 aliphatic heterocycles. The third-order valence-corrected chi connectivity index (χ3v) is 2.29. The minimum atomic E-state index is 0. The van der Waals surface area contributed by atoms with Crippen molar-refractivity contribution in [2.24, 2.45) is 0 Å². The van der Waals surface area contributed by atoms with E-state index in [0.29, 0.717) is 5.82 Å². The van der Waals surface area contributed by atoms with Gasteiger partial charge >= 0.3 is 18.9 Å². The summed E-state index contributed by atoms with van der Waals surface area (Å²) in [7, 11) is 0. The molecule has 5 nitrogen and oxygen atoms in total. The van der Waals surface area contributed by atoms with Crippen molar-refractivity contribution in [3.8, 4) is 0 Å². The number of aromatic nitrogens is 3. The Balaban J connectivity index is 0.00000128. The number of nitrogens with zero attached hydrogens (tertiary/aromatic N) is 2. The molecule has 0 amide bonds. The van der Waals surface area contributed by atoms with Gasteiger partial charge in [-0.3, -0.25) is 5.10 Å².